The highest BCUT2D eigenvalue weighted by Crippen LogP contribution is 2.17. The Hall–Kier alpha value is -1.59. The van der Waals surface area contributed by atoms with Crippen LogP contribution in [0.25, 0.3) is 0 Å². The first-order valence-electron chi connectivity index (χ1n) is 5.80. The molecule has 2 aromatic heterocycles. The molecule has 0 spiro atoms. The van der Waals surface area contributed by atoms with E-state index in [9.17, 15) is 4.79 Å². The molecular weight excluding hydrogens is 282 g/mol. The highest BCUT2D eigenvalue weighted by atomic mass is 35.5. The van der Waals surface area contributed by atoms with Crippen molar-refractivity contribution >= 4 is 34.7 Å². The van der Waals surface area contributed by atoms with Gasteiger partial charge in [-0.3, -0.25) is 4.79 Å². The number of hydrogen-bond acceptors (Lipinski definition) is 4. The highest BCUT2D eigenvalue weighted by molar-refractivity contribution is 7.09. The lowest BCUT2D eigenvalue weighted by atomic mass is 10.2. The van der Waals surface area contributed by atoms with Gasteiger partial charge in [-0.1, -0.05) is 17.7 Å². The summed E-state index contributed by atoms with van der Waals surface area (Å²) in [6.45, 7) is 1.96. The summed E-state index contributed by atoms with van der Waals surface area (Å²) >= 11 is 7.52. The summed E-state index contributed by atoms with van der Waals surface area (Å²) in [5.74, 6) is 0.0308. The van der Waals surface area contributed by atoms with E-state index < -0.39 is 0 Å². The molecule has 0 bridgehead atoms. The second kappa shape index (κ2) is 6.04. The standard InChI is InChI=1S/C13H14ClN3OS/c1-8(5-10-3-2-4-19-10)17-13(18)9-6-11(14)12(15)16-7-9/h2-4,6-8H,5H2,1H3,(H2,15,16)(H,17,18). The van der Waals surface area contributed by atoms with Gasteiger partial charge in [0, 0.05) is 23.5 Å². The summed E-state index contributed by atoms with van der Waals surface area (Å²) in [6.07, 6.45) is 2.23. The van der Waals surface area contributed by atoms with Gasteiger partial charge < -0.3 is 11.1 Å². The predicted molar refractivity (Wildman–Crippen MR) is 78.6 cm³/mol. The summed E-state index contributed by atoms with van der Waals surface area (Å²) in [5.41, 5.74) is 5.92. The van der Waals surface area contributed by atoms with E-state index in [1.165, 1.54) is 17.1 Å². The first kappa shape index (κ1) is 13.8. The number of carbonyl (C=O) groups excluding carboxylic acids is 1. The third kappa shape index (κ3) is 3.68. The molecule has 2 rings (SSSR count). The lowest BCUT2D eigenvalue weighted by Gasteiger charge is -2.13. The Balaban J connectivity index is 1.98. The molecule has 19 heavy (non-hydrogen) atoms. The molecule has 2 heterocycles. The number of nitrogens with two attached hydrogens (primary N) is 1. The summed E-state index contributed by atoms with van der Waals surface area (Å²) in [4.78, 5) is 17.1. The summed E-state index contributed by atoms with van der Waals surface area (Å²) in [6, 6.07) is 5.62. The number of hydrogen-bond donors (Lipinski definition) is 2. The van der Waals surface area contributed by atoms with E-state index >= 15 is 0 Å². The Bertz CT molecular complexity index is 571. The molecule has 0 fully saturated rings. The largest absolute Gasteiger partial charge is 0.382 e. The van der Waals surface area contributed by atoms with Crippen LogP contribution in [0.3, 0.4) is 0 Å². The van der Waals surface area contributed by atoms with E-state index in [1.807, 2.05) is 18.4 Å². The molecular formula is C13H14ClN3OS. The van der Waals surface area contributed by atoms with Crippen LogP contribution in [0.15, 0.2) is 29.8 Å². The molecule has 0 aliphatic carbocycles. The Labute approximate surface area is 120 Å². The van der Waals surface area contributed by atoms with E-state index in [0.29, 0.717) is 10.6 Å². The second-order valence-corrected chi connectivity index (χ2v) is 5.69. The minimum atomic E-state index is -0.196. The Morgan fingerprint density at radius 1 is 1.63 bits per heavy atom. The number of thiophene rings is 1. The fourth-order valence-electron chi connectivity index (χ4n) is 1.66. The van der Waals surface area contributed by atoms with Gasteiger partial charge >= 0.3 is 0 Å². The molecule has 6 heteroatoms. The number of nitrogen functional groups attached to an aromatic ring is 1. The molecule has 0 radical (unpaired) electrons. The van der Waals surface area contributed by atoms with Crippen LogP contribution < -0.4 is 11.1 Å². The van der Waals surface area contributed by atoms with Gasteiger partial charge in [0.15, 0.2) is 0 Å². The van der Waals surface area contributed by atoms with Gasteiger partial charge in [0.2, 0.25) is 0 Å². The van der Waals surface area contributed by atoms with E-state index in [0.717, 1.165) is 6.42 Å². The van der Waals surface area contributed by atoms with Crippen LogP contribution in [0, 0.1) is 0 Å². The topological polar surface area (TPSA) is 68.0 Å². The molecule has 0 saturated carbocycles. The van der Waals surface area contributed by atoms with Crippen LogP contribution in [0.4, 0.5) is 5.82 Å². The van der Waals surface area contributed by atoms with E-state index in [1.54, 1.807) is 11.3 Å². The molecule has 100 valence electrons. The Morgan fingerprint density at radius 3 is 3.05 bits per heavy atom. The second-order valence-electron chi connectivity index (χ2n) is 4.25. The maximum Gasteiger partial charge on any atom is 0.253 e. The number of halogens is 1. The van der Waals surface area contributed by atoms with Gasteiger partial charge in [0.05, 0.1) is 10.6 Å². The maximum absolute atomic E-state index is 12.0. The zero-order valence-corrected chi connectivity index (χ0v) is 12.0. The maximum atomic E-state index is 12.0. The van der Waals surface area contributed by atoms with Crippen molar-refractivity contribution in [3.05, 3.63) is 45.2 Å². The van der Waals surface area contributed by atoms with Crippen molar-refractivity contribution in [2.75, 3.05) is 5.73 Å². The van der Waals surface area contributed by atoms with Crippen molar-refractivity contribution in [1.82, 2.24) is 10.3 Å². The van der Waals surface area contributed by atoms with Gasteiger partial charge in [0.25, 0.3) is 5.91 Å². The number of rotatable bonds is 4. The van der Waals surface area contributed by atoms with Crippen LogP contribution in [0.2, 0.25) is 5.02 Å². The Kier molecular flexibility index (Phi) is 4.39. The summed E-state index contributed by atoms with van der Waals surface area (Å²) in [7, 11) is 0. The van der Waals surface area contributed by atoms with Gasteiger partial charge in [-0.05, 0) is 24.4 Å². The molecule has 4 nitrogen and oxygen atoms in total. The molecule has 3 N–H and O–H groups in total. The van der Waals surface area contributed by atoms with Gasteiger partial charge in [0.1, 0.15) is 5.82 Å². The molecule has 1 amide bonds. The van der Waals surface area contributed by atoms with Gasteiger partial charge in [-0.2, -0.15) is 0 Å². The monoisotopic (exact) mass is 295 g/mol. The first-order chi connectivity index (χ1) is 9.06. The molecule has 1 unspecified atom stereocenters. The lowest BCUT2D eigenvalue weighted by Crippen LogP contribution is -2.34. The summed E-state index contributed by atoms with van der Waals surface area (Å²) in [5, 5.41) is 5.22. The fraction of sp³-hybridized carbons (Fsp3) is 0.231. The third-order valence-electron chi connectivity index (χ3n) is 2.60. The van der Waals surface area contributed by atoms with Crippen molar-refractivity contribution in [3.63, 3.8) is 0 Å². The number of aromatic nitrogens is 1. The molecule has 0 aliphatic rings. The average Bonchev–Trinajstić information content (AvgIpc) is 2.85. The SMILES string of the molecule is CC(Cc1cccs1)NC(=O)c1cnc(N)c(Cl)c1. The highest BCUT2D eigenvalue weighted by Gasteiger charge is 2.12. The average molecular weight is 296 g/mol. The normalized spacial score (nSPS) is 12.1. The van der Waals surface area contributed by atoms with Crippen LogP contribution >= 0.6 is 22.9 Å². The Morgan fingerprint density at radius 2 is 2.42 bits per heavy atom. The third-order valence-corrected chi connectivity index (χ3v) is 3.80. The quantitative estimate of drug-likeness (QED) is 0.911. The number of amides is 1. The van der Waals surface area contributed by atoms with E-state index in [2.05, 4.69) is 16.4 Å². The van der Waals surface area contributed by atoms with Gasteiger partial charge in [-0.15, -0.1) is 11.3 Å². The van der Waals surface area contributed by atoms with Crippen LogP contribution in [0.5, 0.6) is 0 Å². The number of carbonyl (C=O) groups is 1. The fourth-order valence-corrected chi connectivity index (χ4v) is 2.66. The van der Waals surface area contributed by atoms with Crippen molar-refractivity contribution in [2.24, 2.45) is 0 Å². The van der Waals surface area contributed by atoms with Crippen LogP contribution in [0.1, 0.15) is 22.2 Å². The molecule has 1 atom stereocenters. The summed E-state index contributed by atoms with van der Waals surface area (Å²) < 4.78 is 0. The first-order valence-corrected chi connectivity index (χ1v) is 7.06. The van der Waals surface area contributed by atoms with Gasteiger partial charge in [-0.25, -0.2) is 4.98 Å². The van der Waals surface area contributed by atoms with Crippen molar-refractivity contribution < 1.29 is 4.79 Å². The lowest BCUT2D eigenvalue weighted by molar-refractivity contribution is 0.0940. The zero-order valence-electron chi connectivity index (χ0n) is 10.4. The molecule has 0 saturated heterocycles. The number of anilines is 1. The molecule has 2 aromatic rings. The predicted octanol–water partition coefficient (Wildman–Crippen LogP) is 2.74. The van der Waals surface area contributed by atoms with E-state index in [4.69, 9.17) is 17.3 Å². The number of nitrogens with zero attached hydrogens (tertiary/aromatic N) is 1. The smallest absolute Gasteiger partial charge is 0.253 e. The molecule has 0 aliphatic heterocycles. The minimum Gasteiger partial charge on any atom is -0.382 e. The molecule has 0 aromatic carbocycles. The van der Waals surface area contributed by atoms with Crippen molar-refractivity contribution in [2.45, 2.75) is 19.4 Å². The van der Waals surface area contributed by atoms with Crippen LogP contribution in [-0.4, -0.2) is 16.9 Å². The van der Waals surface area contributed by atoms with E-state index in [-0.39, 0.29) is 17.8 Å². The van der Waals surface area contributed by atoms with Crippen molar-refractivity contribution in [3.8, 4) is 0 Å². The zero-order chi connectivity index (χ0) is 13.8. The van der Waals surface area contributed by atoms with Crippen molar-refractivity contribution in [1.29, 1.82) is 0 Å². The number of pyridine rings is 1. The van der Waals surface area contributed by atoms with Crippen LogP contribution in [-0.2, 0) is 6.42 Å². The minimum absolute atomic E-state index is 0.0440. The number of nitrogens with one attached hydrogen (secondary N) is 1.